The van der Waals surface area contributed by atoms with Gasteiger partial charge in [-0.1, -0.05) is 18.0 Å². The van der Waals surface area contributed by atoms with Gasteiger partial charge in [0.1, 0.15) is 17.3 Å². The van der Waals surface area contributed by atoms with Crippen LogP contribution < -0.4 is 0 Å². The van der Waals surface area contributed by atoms with Crippen LogP contribution in [0.5, 0.6) is 0 Å². The highest BCUT2D eigenvalue weighted by Gasteiger charge is 2.24. The molecule has 0 amide bonds. The van der Waals surface area contributed by atoms with Gasteiger partial charge in [0.25, 0.3) is 0 Å². The van der Waals surface area contributed by atoms with Crippen molar-refractivity contribution in [1.82, 2.24) is 19.6 Å². The molecule has 14 heavy (non-hydrogen) atoms. The number of hydrogen-bond acceptors (Lipinski definition) is 3. The van der Waals surface area contributed by atoms with Crippen LogP contribution in [0.1, 0.15) is 31.0 Å². The van der Waals surface area contributed by atoms with Crippen LogP contribution in [-0.4, -0.2) is 19.6 Å². The number of fused-ring (bicyclic) bond motifs is 1. The Morgan fingerprint density at radius 3 is 2.93 bits per heavy atom. The SMILES string of the molecule is Clc1cc2nnc(C3CCC3)n2cn1. The van der Waals surface area contributed by atoms with E-state index < -0.39 is 0 Å². The van der Waals surface area contributed by atoms with Crippen molar-refractivity contribution in [3.63, 3.8) is 0 Å². The maximum atomic E-state index is 5.76. The minimum absolute atomic E-state index is 0.463. The molecule has 0 unspecified atom stereocenters. The molecule has 2 aromatic heterocycles. The Hall–Kier alpha value is -1.16. The van der Waals surface area contributed by atoms with Gasteiger partial charge in [-0.25, -0.2) is 4.98 Å². The molecule has 4 nitrogen and oxygen atoms in total. The molecule has 1 aliphatic rings. The molecule has 0 aromatic carbocycles. The molecule has 2 heterocycles. The molecule has 2 aromatic rings. The zero-order valence-electron chi connectivity index (χ0n) is 7.52. The molecule has 72 valence electrons. The standard InChI is InChI=1S/C9H9ClN4/c10-7-4-8-12-13-9(6-2-1-3-6)14(8)5-11-7/h4-6H,1-3H2. The maximum Gasteiger partial charge on any atom is 0.165 e. The van der Waals surface area contributed by atoms with Gasteiger partial charge < -0.3 is 0 Å². The van der Waals surface area contributed by atoms with Crippen molar-refractivity contribution in [1.29, 1.82) is 0 Å². The third kappa shape index (κ3) is 1.10. The summed E-state index contributed by atoms with van der Waals surface area (Å²) < 4.78 is 1.93. The summed E-state index contributed by atoms with van der Waals surface area (Å²) >= 11 is 5.76. The van der Waals surface area contributed by atoms with E-state index in [2.05, 4.69) is 15.2 Å². The normalized spacial score (nSPS) is 17.2. The molecule has 0 bridgehead atoms. The van der Waals surface area contributed by atoms with Gasteiger partial charge in [0.05, 0.1) is 0 Å². The van der Waals surface area contributed by atoms with Crippen molar-refractivity contribution < 1.29 is 0 Å². The van der Waals surface area contributed by atoms with Gasteiger partial charge in [-0.15, -0.1) is 10.2 Å². The summed E-state index contributed by atoms with van der Waals surface area (Å²) in [6.45, 7) is 0. The summed E-state index contributed by atoms with van der Waals surface area (Å²) in [6.07, 6.45) is 5.42. The number of rotatable bonds is 1. The van der Waals surface area contributed by atoms with Gasteiger partial charge in [0.2, 0.25) is 0 Å². The van der Waals surface area contributed by atoms with Crippen molar-refractivity contribution in [2.45, 2.75) is 25.2 Å². The highest BCUT2D eigenvalue weighted by atomic mass is 35.5. The lowest BCUT2D eigenvalue weighted by Crippen LogP contribution is -2.12. The fourth-order valence-corrected chi connectivity index (χ4v) is 1.88. The second kappa shape index (κ2) is 2.92. The van der Waals surface area contributed by atoms with Gasteiger partial charge in [-0.3, -0.25) is 4.40 Å². The first-order valence-corrected chi connectivity index (χ1v) is 5.08. The first-order valence-electron chi connectivity index (χ1n) is 4.71. The van der Waals surface area contributed by atoms with Crippen molar-refractivity contribution in [2.24, 2.45) is 0 Å². The van der Waals surface area contributed by atoms with Crippen LogP contribution in [0, 0.1) is 0 Å². The van der Waals surface area contributed by atoms with Crippen molar-refractivity contribution in [2.75, 3.05) is 0 Å². The maximum absolute atomic E-state index is 5.76. The Balaban J connectivity index is 2.16. The van der Waals surface area contributed by atoms with E-state index in [0.29, 0.717) is 11.1 Å². The van der Waals surface area contributed by atoms with Crippen molar-refractivity contribution in [3.8, 4) is 0 Å². The van der Waals surface area contributed by atoms with Crippen LogP contribution in [0.25, 0.3) is 5.65 Å². The first-order chi connectivity index (χ1) is 6.84. The number of aromatic nitrogens is 4. The minimum atomic E-state index is 0.463. The third-order valence-electron chi connectivity index (χ3n) is 2.76. The van der Waals surface area contributed by atoms with E-state index >= 15 is 0 Å². The number of halogens is 1. The minimum Gasteiger partial charge on any atom is -0.269 e. The van der Waals surface area contributed by atoms with E-state index in [1.807, 2.05) is 4.40 Å². The van der Waals surface area contributed by atoms with Crippen molar-refractivity contribution >= 4 is 17.2 Å². The van der Waals surface area contributed by atoms with E-state index in [1.54, 1.807) is 12.4 Å². The quantitative estimate of drug-likeness (QED) is 0.674. The highest BCUT2D eigenvalue weighted by Crippen LogP contribution is 2.35. The van der Waals surface area contributed by atoms with E-state index in [0.717, 1.165) is 11.5 Å². The smallest absolute Gasteiger partial charge is 0.165 e. The fraction of sp³-hybridized carbons (Fsp3) is 0.444. The Labute approximate surface area is 85.9 Å². The molecule has 0 atom stereocenters. The second-order valence-electron chi connectivity index (χ2n) is 3.63. The molecule has 1 fully saturated rings. The summed E-state index contributed by atoms with van der Waals surface area (Å²) in [5, 5.41) is 8.71. The third-order valence-corrected chi connectivity index (χ3v) is 2.97. The van der Waals surface area contributed by atoms with Crippen molar-refractivity contribution in [3.05, 3.63) is 23.4 Å². The van der Waals surface area contributed by atoms with Crippen LogP contribution in [0.2, 0.25) is 5.15 Å². The lowest BCUT2D eigenvalue weighted by Gasteiger charge is -2.22. The zero-order valence-corrected chi connectivity index (χ0v) is 8.28. The predicted octanol–water partition coefficient (Wildman–Crippen LogP) is 2.05. The summed E-state index contributed by atoms with van der Waals surface area (Å²) in [4.78, 5) is 4.03. The molecule has 0 N–H and O–H groups in total. The van der Waals surface area contributed by atoms with E-state index in [1.165, 1.54) is 19.3 Å². The van der Waals surface area contributed by atoms with Gasteiger partial charge in [0, 0.05) is 12.0 Å². The summed E-state index contributed by atoms with van der Waals surface area (Å²) in [6, 6.07) is 1.73. The topological polar surface area (TPSA) is 43.1 Å². The molecule has 0 radical (unpaired) electrons. The Morgan fingerprint density at radius 2 is 2.21 bits per heavy atom. The molecule has 0 saturated heterocycles. The average Bonchev–Trinajstić information content (AvgIpc) is 2.45. The van der Waals surface area contributed by atoms with Crippen LogP contribution in [0.15, 0.2) is 12.4 Å². The van der Waals surface area contributed by atoms with Crippen LogP contribution in [0.3, 0.4) is 0 Å². The largest absolute Gasteiger partial charge is 0.269 e. The molecule has 1 aliphatic carbocycles. The predicted molar refractivity (Wildman–Crippen MR) is 52.4 cm³/mol. The summed E-state index contributed by atoms with van der Waals surface area (Å²) in [5.41, 5.74) is 0.784. The lowest BCUT2D eigenvalue weighted by atomic mass is 9.85. The molecule has 0 aliphatic heterocycles. The Bertz CT molecular complexity index is 475. The van der Waals surface area contributed by atoms with Gasteiger partial charge >= 0.3 is 0 Å². The van der Waals surface area contributed by atoms with Crippen LogP contribution >= 0.6 is 11.6 Å². The number of hydrogen-bond donors (Lipinski definition) is 0. The molecule has 1 saturated carbocycles. The lowest BCUT2D eigenvalue weighted by molar-refractivity contribution is 0.398. The number of nitrogens with zero attached hydrogens (tertiary/aromatic N) is 4. The van der Waals surface area contributed by atoms with E-state index in [-0.39, 0.29) is 0 Å². The van der Waals surface area contributed by atoms with Crippen LogP contribution in [-0.2, 0) is 0 Å². The highest BCUT2D eigenvalue weighted by molar-refractivity contribution is 6.29. The molecule has 3 rings (SSSR count). The van der Waals surface area contributed by atoms with Crippen LogP contribution in [0.4, 0.5) is 0 Å². The monoisotopic (exact) mass is 208 g/mol. The molecular formula is C9H9ClN4. The molecular weight excluding hydrogens is 200 g/mol. The fourth-order valence-electron chi connectivity index (χ4n) is 1.73. The summed E-state index contributed by atoms with van der Waals surface area (Å²) in [7, 11) is 0. The average molecular weight is 209 g/mol. The molecule has 5 heteroatoms. The van der Waals surface area contributed by atoms with Gasteiger partial charge in [-0.2, -0.15) is 0 Å². The second-order valence-corrected chi connectivity index (χ2v) is 4.01. The first kappa shape index (κ1) is 8.17. The Morgan fingerprint density at radius 1 is 1.36 bits per heavy atom. The molecule has 0 spiro atoms. The van der Waals surface area contributed by atoms with Gasteiger partial charge in [0.15, 0.2) is 5.65 Å². The van der Waals surface area contributed by atoms with Gasteiger partial charge in [-0.05, 0) is 12.8 Å². The van der Waals surface area contributed by atoms with E-state index in [9.17, 15) is 0 Å². The Kier molecular flexibility index (Phi) is 1.70. The summed E-state index contributed by atoms with van der Waals surface area (Å²) in [5.74, 6) is 1.59. The zero-order chi connectivity index (χ0) is 9.54. The van der Waals surface area contributed by atoms with E-state index in [4.69, 9.17) is 11.6 Å².